The number of pyridine rings is 1. The van der Waals surface area contributed by atoms with Crippen LogP contribution in [0.3, 0.4) is 0 Å². The molecule has 0 spiro atoms. The van der Waals surface area contributed by atoms with E-state index in [1.165, 1.54) is 15.4 Å². The van der Waals surface area contributed by atoms with Crippen molar-refractivity contribution in [3.63, 3.8) is 0 Å². The molecule has 1 aromatic heterocycles. The summed E-state index contributed by atoms with van der Waals surface area (Å²) in [6.07, 6.45) is 5.00. The monoisotopic (exact) mass is 373 g/mol. The van der Waals surface area contributed by atoms with Gasteiger partial charge in [0, 0.05) is 28.5 Å². The van der Waals surface area contributed by atoms with Crippen LogP contribution < -0.4 is 15.2 Å². The van der Waals surface area contributed by atoms with Crippen LogP contribution in [0.2, 0.25) is 5.02 Å². The molecular weight excluding hydrogens is 350 g/mol. The maximum absolute atomic E-state index is 12.0. The Morgan fingerprint density at radius 3 is 2.65 bits per heavy atom. The molecule has 1 aliphatic rings. The van der Waals surface area contributed by atoms with Gasteiger partial charge in [-0.25, -0.2) is 5.43 Å². The number of piperazine rings is 1. The molecule has 0 aliphatic carbocycles. The molecule has 0 radical (unpaired) electrons. The third kappa shape index (κ3) is 5.62. The number of hydrogen-bond acceptors (Lipinski definition) is 3. The second-order valence-corrected chi connectivity index (χ2v) is 6.93. The summed E-state index contributed by atoms with van der Waals surface area (Å²) < 4.78 is 0. The molecule has 3 N–H and O–H groups in total. The fraction of sp³-hybridized carbons (Fsp3) is 0.316. The van der Waals surface area contributed by atoms with E-state index >= 15 is 0 Å². The van der Waals surface area contributed by atoms with Gasteiger partial charge in [-0.2, -0.15) is 5.10 Å². The summed E-state index contributed by atoms with van der Waals surface area (Å²) in [5.74, 6) is -0.0605. The normalized spacial score (nSPS) is 20.2. The average molecular weight is 374 g/mol. The summed E-state index contributed by atoms with van der Waals surface area (Å²) >= 11 is 6.24. The van der Waals surface area contributed by atoms with Crippen LogP contribution in [0.5, 0.6) is 0 Å². The standard InChI is InChI=1S/C19H22ClN5O/c20-18-6-2-1-5-17(18)14-24-8-10-25(11-9-24)15-19(26)23-22-13-16-4-3-7-21-12-16/h1-7,12-13H,8-11,14-15H2,(H,23,26)/p+2. The lowest BCUT2D eigenvalue weighted by molar-refractivity contribution is -1.02. The Kier molecular flexibility index (Phi) is 6.71. The van der Waals surface area contributed by atoms with Crippen molar-refractivity contribution in [2.45, 2.75) is 6.54 Å². The second-order valence-electron chi connectivity index (χ2n) is 6.52. The number of carbonyl (C=O) groups excluding carboxylic acids is 1. The number of nitrogens with one attached hydrogen (secondary N) is 3. The summed E-state index contributed by atoms with van der Waals surface area (Å²) in [4.78, 5) is 18.8. The van der Waals surface area contributed by atoms with Crippen molar-refractivity contribution in [2.24, 2.45) is 5.10 Å². The maximum atomic E-state index is 12.0. The highest BCUT2D eigenvalue weighted by atomic mass is 35.5. The Balaban J connectivity index is 1.39. The van der Waals surface area contributed by atoms with Gasteiger partial charge >= 0.3 is 0 Å². The van der Waals surface area contributed by atoms with Gasteiger partial charge in [0.2, 0.25) is 0 Å². The number of hydrazone groups is 1. The molecule has 0 atom stereocenters. The van der Waals surface area contributed by atoms with Crippen molar-refractivity contribution in [2.75, 3.05) is 32.7 Å². The zero-order valence-corrected chi connectivity index (χ0v) is 15.4. The summed E-state index contributed by atoms with van der Waals surface area (Å²) in [7, 11) is 0. The Hall–Kier alpha value is -2.28. The minimum Gasteiger partial charge on any atom is -0.322 e. The largest absolute Gasteiger partial charge is 0.322 e. The lowest BCUT2D eigenvalue weighted by Gasteiger charge is -2.29. The summed E-state index contributed by atoms with van der Waals surface area (Å²) in [6.45, 7) is 5.40. The molecule has 136 valence electrons. The van der Waals surface area contributed by atoms with Crippen LogP contribution in [0.4, 0.5) is 0 Å². The highest BCUT2D eigenvalue weighted by Gasteiger charge is 2.25. The third-order valence-corrected chi connectivity index (χ3v) is 4.93. The number of amides is 1. The van der Waals surface area contributed by atoms with Crippen LogP contribution >= 0.6 is 11.6 Å². The molecule has 3 rings (SSSR count). The highest BCUT2D eigenvalue weighted by molar-refractivity contribution is 6.31. The van der Waals surface area contributed by atoms with E-state index in [-0.39, 0.29) is 5.91 Å². The van der Waals surface area contributed by atoms with E-state index in [1.54, 1.807) is 18.6 Å². The van der Waals surface area contributed by atoms with Gasteiger partial charge < -0.3 is 9.80 Å². The van der Waals surface area contributed by atoms with E-state index in [1.807, 2.05) is 30.3 Å². The number of carbonyl (C=O) groups is 1. The number of quaternary nitrogens is 2. The van der Waals surface area contributed by atoms with E-state index in [0.29, 0.717) is 6.54 Å². The van der Waals surface area contributed by atoms with Crippen molar-refractivity contribution >= 4 is 23.7 Å². The summed E-state index contributed by atoms with van der Waals surface area (Å²) in [5, 5.41) is 4.82. The molecule has 0 unspecified atom stereocenters. The van der Waals surface area contributed by atoms with E-state index in [4.69, 9.17) is 11.6 Å². The first kappa shape index (κ1) is 18.5. The fourth-order valence-electron chi connectivity index (χ4n) is 3.12. The van der Waals surface area contributed by atoms with Gasteiger partial charge in [0.05, 0.1) is 6.21 Å². The zero-order valence-electron chi connectivity index (χ0n) is 14.6. The smallest absolute Gasteiger partial charge is 0.295 e. The molecule has 1 saturated heterocycles. The SMILES string of the molecule is O=C(C[NH+]1CC[NH+](Cc2ccccc2Cl)CC1)NN=Cc1cccnc1. The van der Waals surface area contributed by atoms with Gasteiger partial charge in [0.25, 0.3) is 5.91 Å². The van der Waals surface area contributed by atoms with Crippen molar-refractivity contribution in [1.82, 2.24) is 10.4 Å². The minimum absolute atomic E-state index is 0.0605. The number of halogens is 1. The second kappa shape index (κ2) is 9.43. The number of nitrogens with zero attached hydrogens (tertiary/aromatic N) is 2. The maximum Gasteiger partial charge on any atom is 0.295 e. The number of aromatic nitrogens is 1. The third-order valence-electron chi connectivity index (χ3n) is 4.56. The number of benzene rings is 1. The quantitative estimate of drug-likeness (QED) is 0.457. The average Bonchev–Trinajstić information content (AvgIpc) is 2.66. The van der Waals surface area contributed by atoms with Crippen LogP contribution in [0.1, 0.15) is 11.1 Å². The Labute approximate surface area is 158 Å². The molecule has 6 nitrogen and oxygen atoms in total. The molecule has 26 heavy (non-hydrogen) atoms. The molecular formula is C19H24ClN5O+2. The molecule has 0 saturated carbocycles. The predicted octanol–water partition coefficient (Wildman–Crippen LogP) is -0.831. The summed E-state index contributed by atoms with van der Waals surface area (Å²) in [6, 6.07) is 11.7. The Morgan fingerprint density at radius 2 is 1.92 bits per heavy atom. The van der Waals surface area contributed by atoms with Gasteiger partial charge in [-0.15, -0.1) is 0 Å². The molecule has 0 bridgehead atoms. The van der Waals surface area contributed by atoms with Crippen molar-refractivity contribution in [3.05, 3.63) is 64.9 Å². The number of rotatable bonds is 6. The lowest BCUT2D eigenvalue weighted by Crippen LogP contribution is -3.28. The number of hydrogen-bond donors (Lipinski definition) is 3. The van der Waals surface area contributed by atoms with Crippen LogP contribution in [0.25, 0.3) is 0 Å². The first-order valence-electron chi connectivity index (χ1n) is 8.83. The van der Waals surface area contributed by atoms with Crippen LogP contribution in [-0.2, 0) is 11.3 Å². The van der Waals surface area contributed by atoms with Crippen molar-refractivity contribution < 1.29 is 14.6 Å². The van der Waals surface area contributed by atoms with Crippen LogP contribution in [-0.4, -0.2) is 49.8 Å². The molecule has 1 amide bonds. The van der Waals surface area contributed by atoms with E-state index in [9.17, 15) is 4.79 Å². The van der Waals surface area contributed by atoms with Crippen LogP contribution in [0.15, 0.2) is 53.9 Å². The minimum atomic E-state index is -0.0605. The van der Waals surface area contributed by atoms with E-state index in [0.717, 1.165) is 43.3 Å². The zero-order chi connectivity index (χ0) is 18.2. The van der Waals surface area contributed by atoms with Crippen LogP contribution in [0, 0.1) is 0 Å². The van der Waals surface area contributed by atoms with Gasteiger partial charge in [0.15, 0.2) is 6.54 Å². The molecule has 2 aromatic rings. The van der Waals surface area contributed by atoms with Gasteiger partial charge in [-0.3, -0.25) is 9.78 Å². The molecule has 7 heteroatoms. The predicted molar refractivity (Wildman–Crippen MR) is 101 cm³/mol. The topological polar surface area (TPSA) is 63.2 Å². The fourth-order valence-corrected chi connectivity index (χ4v) is 3.32. The Morgan fingerprint density at radius 1 is 1.15 bits per heavy atom. The van der Waals surface area contributed by atoms with E-state index < -0.39 is 0 Å². The van der Waals surface area contributed by atoms with Gasteiger partial charge in [-0.1, -0.05) is 35.9 Å². The van der Waals surface area contributed by atoms with Gasteiger partial charge in [0.1, 0.15) is 32.7 Å². The summed E-state index contributed by atoms with van der Waals surface area (Å²) in [5.41, 5.74) is 4.64. The highest BCUT2D eigenvalue weighted by Crippen LogP contribution is 2.13. The van der Waals surface area contributed by atoms with E-state index in [2.05, 4.69) is 21.6 Å². The molecule has 1 fully saturated rings. The van der Waals surface area contributed by atoms with Crippen molar-refractivity contribution in [3.8, 4) is 0 Å². The van der Waals surface area contributed by atoms with Gasteiger partial charge in [-0.05, 0) is 12.1 Å². The molecule has 1 aromatic carbocycles. The molecule has 1 aliphatic heterocycles. The van der Waals surface area contributed by atoms with Crippen molar-refractivity contribution in [1.29, 1.82) is 0 Å². The lowest BCUT2D eigenvalue weighted by atomic mass is 10.2. The first-order chi connectivity index (χ1) is 12.7. The Bertz CT molecular complexity index is 745. The molecule has 2 heterocycles. The first-order valence-corrected chi connectivity index (χ1v) is 9.21.